The second-order valence-electron chi connectivity index (χ2n) is 5.36. The summed E-state index contributed by atoms with van der Waals surface area (Å²) in [6.45, 7) is 0.928. The average Bonchev–Trinajstić information content (AvgIpc) is 2.51. The number of Topliss-reactive ketones (excluding diaryl/α,β-unsaturated/α-hetero) is 1. The highest BCUT2D eigenvalue weighted by Crippen LogP contribution is 2.36. The summed E-state index contributed by atoms with van der Waals surface area (Å²) in [6.07, 6.45) is -2.97. The molecule has 134 valence electrons. The molecule has 1 heterocycles. The van der Waals surface area contributed by atoms with Gasteiger partial charge in [0.25, 0.3) is 0 Å². The molecule has 0 spiro atoms. The molecule has 0 radical (unpaired) electrons. The molecule has 1 aromatic carbocycles. The third-order valence-corrected chi connectivity index (χ3v) is 4.31. The van der Waals surface area contributed by atoms with Crippen molar-refractivity contribution in [3.05, 3.63) is 42.1 Å². The summed E-state index contributed by atoms with van der Waals surface area (Å²) in [6, 6.07) is 6.11. The van der Waals surface area contributed by atoms with E-state index in [0.717, 1.165) is 12.3 Å². The number of hydrogen-bond acceptors (Lipinski definition) is 5. The Morgan fingerprint density at radius 1 is 1.20 bits per heavy atom. The minimum Gasteiger partial charge on any atom is -0.469 e. The molecular weight excluding hydrogens is 359 g/mol. The lowest BCUT2D eigenvalue weighted by Crippen LogP contribution is -2.11. The summed E-state index contributed by atoms with van der Waals surface area (Å²) in [5.74, 6) is -0.463. The summed E-state index contributed by atoms with van der Waals surface area (Å²) in [7, 11) is -3.44. The Labute approximate surface area is 142 Å². The SMILES string of the molecule is CC(=O)COc1ncc(C(F)(F)F)cc1-c1ccc(S(C)(=O)=O)cc1. The number of pyridine rings is 1. The van der Waals surface area contributed by atoms with Crippen molar-refractivity contribution in [3.63, 3.8) is 0 Å². The monoisotopic (exact) mass is 373 g/mol. The van der Waals surface area contributed by atoms with Crippen LogP contribution < -0.4 is 4.74 Å². The van der Waals surface area contributed by atoms with Crippen molar-refractivity contribution in [2.75, 3.05) is 12.9 Å². The molecule has 0 fully saturated rings. The average molecular weight is 373 g/mol. The molecule has 0 saturated carbocycles. The zero-order valence-electron chi connectivity index (χ0n) is 13.3. The first kappa shape index (κ1) is 18.9. The summed E-state index contributed by atoms with van der Waals surface area (Å²) >= 11 is 0. The van der Waals surface area contributed by atoms with Crippen molar-refractivity contribution in [3.8, 4) is 17.0 Å². The van der Waals surface area contributed by atoms with E-state index in [1.165, 1.54) is 31.2 Å². The molecule has 9 heteroatoms. The van der Waals surface area contributed by atoms with Crippen molar-refractivity contribution in [1.82, 2.24) is 4.98 Å². The minimum atomic E-state index is -4.60. The van der Waals surface area contributed by atoms with Crippen molar-refractivity contribution in [1.29, 1.82) is 0 Å². The second-order valence-corrected chi connectivity index (χ2v) is 7.38. The molecule has 1 aromatic heterocycles. The van der Waals surface area contributed by atoms with Gasteiger partial charge >= 0.3 is 6.18 Å². The van der Waals surface area contributed by atoms with Gasteiger partial charge < -0.3 is 4.74 Å². The molecule has 2 rings (SSSR count). The van der Waals surface area contributed by atoms with Crippen LogP contribution in [0, 0.1) is 0 Å². The van der Waals surface area contributed by atoms with Gasteiger partial charge in [0.1, 0.15) is 6.61 Å². The first-order chi connectivity index (χ1) is 11.5. The molecule has 25 heavy (non-hydrogen) atoms. The van der Waals surface area contributed by atoms with Gasteiger partial charge in [-0.2, -0.15) is 13.2 Å². The van der Waals surface area contributed by atoms with Gasteiger partial charge in [-0.25, -0.2) is 13.4 Å². The van der Waals surface area contributed by atoms with E-state index in [4.69, 9.17) is 4.74 Å². The molecule has 0 amide bonds. The maximum atomic E-state index is 12.9. The molecule has 0 aliphatic rings. The van der Waals surface area contributed by atoms with E-state index in [2.05, 4.69) is 4.98 Å². The summed E-state index contributed by atoms with van der Waals surface area (Å²) < 4.78 is 67.0. The second kappa shape index (κ2) is 6.83. The van der Waals surface area contributed by atoms with Crippen molar-refractivity contribution in [2.45, 2.75) is 18.0 Å². The number of alkyl halides is 3. The van der Waals surface area contributed by atoms with Crippen LogP contribution in [-0.4, -0.2) is 32.0 Å². The lowest BCUT2D eigenvalue weighted by Gasteiger charge is -2.13. The van der Waals surface area contributed by atoms with E-state index in [9.17, 15) is 26.4 Å². The number of ether oxygens (including phenoxy) is 1. The quantitative estimate of drug-likeness (QED) is 0.805. The molecule has 0 bridgehead atoms. The van der Waals surface area contributed by atoms with E-state index in [1.54, 1.807) is 0 Å². The fraction of sp³-hybridized carbons (Fsp3) is 0.250. The van der Waals surface area contributed by atoms with Crippen molar-refractivity contribution in [2.24, 2.45) is 0 Å². The standard InChI is InChI=1S/C16H14F3NO4S/c1-10(21)9-24-15-14(7-12(8-20-15)16(17,18)19)11-3-5-13(6-4-11)25(2,22)23/h3-8H,9H2,1-2H3. The molecule has 0 aliphatic carbocycles. The fourth-order valence-electron chi connectivity index (χ4n) is 1.98. The van der Waals surface area contributed by atoms with Crippen molar-refractivity contribution >= 4 is 15.6 Å². The normalized spacial score (nSPS) is 12.0. The number of aromatic nitrogens is 1. The molecular formula is C16H14F3NO4S. The molecule has 0 saturated heterocycles. The van der Waals surface area contributed by atoms with Gasteiger partial charge in [0, 0.05) is 18.0 Å². The largest absolute Gasteiger partial charge is 0.469 e. The van der Waals surface area contributed by atoms with Gasteiger partial charge in [-0.1, -0.05) is 12.1 Å². The summed E-state index contributed by atoms with van der Waals surface area (Å²) in [5, 5.41) is 0. The first-order valence-electron chi connectivity index (χ1n) is 6.98. The van der Waals surface area contributed by atoms with Gasteiger partial charge in [-0.3, -0.25) is 4.79 Å². The highest BCUT2D eigenvalue weighted by atomic mass is 32.2. The Morgan fingerprint density at radius 2 is 1.80 bits per heavy atom. The molecule has 5 nitrogen and oxygen atoms in total. The number of rotatable bonds is 5. The van der Waals surface area contributed by atoms with Crippen LogP contribution in [0.3, 0.4) is 0 Å². The van der Waals surface area contributed by atoms with Crippen LogP contribution in [0.1, 0.15) is 12.5 Å². The fourth-order valence-corrected chi connectivity index (χ4v) is 2.61. The highest BCUT2D eigenvalue weighted by molar-refractivity contribution is 7.90. The zero-order chi connectivity index (χ0) is 18.8. The Kier molecular flexibility index (Phi) is 5.17. The number of benzene rings is 1. The number of halogens is 3. The lowest BCUT2D eigenvalue weighted by molar-refractivity contribution is -0.137. The number of sulfone groups is 1. The summed E-state index contributed by atoms with van der Waals surface area (Å²) in [4.78, 5) is 14.7. The molecule has 0 atom stereocenters. The van der Waals surface area contributed by atoms with Gasteiger partial charge in [0.2, 0.25) is 5.88 Å². The number of hydrogen-bond donors (Lipinski definition) is 0. The summed E-state index contributed by atoms with van der Waals surface area (Å²) in [5.41, 5.74) is -0.689. The van der Waals surface area contributed by atoms with E-state index < -0.39 is 21.6 Å². The van der Waals surface area contributed by atoms with Crippen LogP contribution in [-0.2, 0) is 20.8 Å². The maximum absolute atomic E-state index is 12.9. The van der Waals surface area contributed by atoms with E-state index in [-0.39, 0.29) is 34.3 Å². The third kappa shape index (κ3) is 4.79. The zero-order valence-corrected chi connectivity index (χ0v) is 14.1. The van der Waals surface area contributed by atoms with Gasteiger partial charge in [0.05, 0.1) is 10.5 Å². The number of carbonyl (C=O) groups excluding carboxylic acids is 1. The van der Waals surface area contributed by atoms with Crippen LogP contribution in [0.25, 0.3) is 11.1 Å². The van der Waals surface area contributed by atoms with Crippen molar-refractivity contribution < 1.29 is 31.1 Å². The van der Waals surface area contributed by atoms with E-state index in [1.807, 2.05) is 0 Å². The number of carbonyl (C=O) groups is 1. The molecule has 2 aromatic rings. The van der Waals surface area contributed by atoms with Crippen LogP contribution in [0.4, 0.5) is 13.2 Å². The Bertz CT molecular complexity index is 891. The Hall–Kier alpha value is -2.42. The minimum absolute atomic E-state index is 0.0103. The Balaban J connectivity index is 2.53. The number of ketones is 1. The molecule has 0 aliphatic heterocycles. The van der Waals surface area contributed by atoms with Gasteiger partial charge in [-0.05, 0) is 30.7 Å². The van der Waals surface area contributed by atoms with Crippen LogP contribution >= 0.6 is 0 Å². The van der Waals surface area contributed by atoms with Gasteiger partial charge in [0.15, 0.2) is 15.6 Å². The van der Waals surface area contributed by atoms with E-state index >= 15 is 0 Å². The smallest absolute Gasteiger partial charge is 0.417 e. The van der Waals surface area contributed by atoms with Crippen LogP contribution in [0.2, 0.25) is 0 Å². The van der Waals surface area contributed by atoms with Crippen LogP contribution in [0.15, 0.2) is 41.4 Å². The van der Waals surface area contributed by atoms with E-state index in [0.29, 0.717) is 6.20 Å². The first-order valence-corrected chi connectivity index (χ1v) is 8.87. The Morgan fingerprint density at radius 3 is 2.28 bits per heavy atom. The van der Waals surface area contributed by atoms with Gasteiger partial charge in [-0.15, -0.1) is 0 Å². The highest BCUT2D eigenvalue weighted by Gasteiger charge is 2.32. The lowest BCUT2D eigenvalue weighted by atomic mass is 10.1. The molecule has 0 unspecified atom stereocenters. The predicted octanol–water partition coefficient (Wildman–Crippen LogP) is 3.14. The number of nitrogens with zero attached hydrogens (tertiary/aromatic N) is 1. The third-order valence-electron chi connectivity index (χ3n) is 3.18. The molecule has 0 N–H and O–H groups in total. The topological polar surface area (TPSA) is 73.3 Å². The van der Waals surface area contributed by atoms with Crippen LogP contribution in [0.5, 0.6) is 5.88 Å². The maximum Gasteiger partial charge on any atom is 0.417 e. The predicted molar refractivity (Wildman–Crippen MR) is 84.0 cm³/mol.